The highest BCUT2D eigenvalue weighted by Gasteiger charge is 2.19. The van der Waals surface area contributed by atoms with Crippen LogP contribution in [0.15, 0.2) is 24.3 Å². The number of amides is 2. The van der Waals surface area contributed by atoms with Crippen molar-refractivity contribution in [1.82, 2.24) is 0 Å². The predicted octanol–water partition coefficient (Wildman–Crippen LogP) is 1.79. The van der Waals surface area contributed by atoms with Crippen molar-refractivity contribution in [3.8, 4) is 0 Å². The van der Waals surface area contributed by atoms with Crippen LogP contribution in [-0.2, 0) is 19.1 Å². The third-order valence-corrected chi connectivity index (χ3v) is 3.32. The molecular weight excluding hydrogens is 284 g/mol. The number of carbonyl (C=O) groups is 2. The Kier molecular flexibility index (Phi) is 9.37. The van der Waals surface area contributed by atoms with Crippen LogP contribution in [0.2, 0.25) is 0 Å². The van der Waals surface area contributed by atoms with Crippen molar-refractivity contribution in [2.75, 3.05) is 0 Å². The van der Waals surface area contributed by atoms with Crippen LogP contribution in [0, 0.1) is 0 Å². The summed E-state index contributed by atoms with van der Waals surface area (Å²) in [6.45, 7) is 12.9. The van der Waals surface area contributed by atoms with E-state index in [2.05, 4.69) is 13.2 Å². The molecule has 2 atom stereocenters. The molecule has 22 heavy (non-hydrogen) atoms. The summed E-state index contributed by atoms with van der Waals surface area (Å²) < 4.78 is 11.5. The van der Waals surface area contributed by atoms with Crippen LogP contribution in [0.3, 0.4) is 0 Å². The number of nitrogens with two attached hydrogens (primary N) is 2. The number of rotatable bonds is 12. The SMILES string of the molecule is C=C(CC(CC)OC(C)OC(CC)CC(=C)C(N)=O)C(N)=O. The van der Waals surface area contributed by atoms with Crippen LogP contribution in [0.5, 0.6) is 0 Å². The fourth-order valence-electron chi connectivity index (χ4n) is 1.90. The maximum Gasteiger partial charge on any atom is 0.244 e. The summed E-state index contributed by atoms with van der Waals surface area (Å²) in [7, 11) is 0. The summed E-state index contributed by atoms with van der Waals surface area (Å²) in [6.07, 6.45) is 1.24. The quantitative estimate of drug-likeness (QED) is 0.423. The summed E-state index contributed by atoms with van der Waals surface area (Å²) in [5.41, 5.74) is 11.0. The number of ether oxygens (including phenoxy) is 2. The molecular formula is C16H28N2O4. The number of primary amides is 2. The van der Waals surface area contributed by atoms with E-state index >= 15 is 0 Å². The van der Waals surface area contributed by atoms with Gasteiger partial charge in [-0.2, -0.15) is 0 Å². The van der Waals surface area contributed by atoms with E-state index in [1.54, 1.807) is 6.92 Å². The van der Waals surface area contributed by atoms with E-state index < -0.39 is 18.1 Å². The average molecular weight is 312 g/mol. The molecule has 0 aromatic rings. The van der Waals surface area contributed by atoms with Gasteiger partial charge in [-0.3, -0.25) is 9.59 Å². The minimum Gasteiger partial charge on any atom is -0.366 e. The molecule has 0 spiro atoms. The molecule has 0 radical (unpaired) electrons. The van der Waals surface area contributed by atoms with Crippen LogP contribution in [0.1, 0.15) is 46.5 Å². The molecule has 2 amide bonds. The van der Waals surface area contributed by atoms with Gasteiger partial charge in [-0.15, -0.1) is 0 Å². The fraction of sp³-hybridized carbons (Fsp3) is 0.625. The van der Waals surface area contributed by atoms with E-state index in [1.807, 2.05) is 13.8 Å². The lowest BCUT2D eigenvalue weighted by Gasteiger charge is -2.26. The highest BCUT2D eigenvalue weighted by atomic mass is 16.7. The second-order valence-electron chi connectivity index (χ2n) is 5.24. The molecule has 0 aromatic heterocycles. The van der Waals surface area contributed by atoms with Crippen molar-refractivity contribution in [3.05, 3.63) is 24.3 Å². The van der Waals surface area contributed by atoms with Gasteiger partial charge < -0.3 is 20.9 Å². The molecule has 0 bridgehead atoms. The summed E-state index contributed by atoms with van der Waals surface area (Å²) in [5.74, 6) is -1.06. The number of hydrogen-bond donors (Lipinski definition) is 2. The van der Waals surface area contributed by atoms with E-state index in [4.69, 9.17) is 20.9 Å². The van der Waals surface area contributed by atoms with Gasteiger partial charge in [0.05, 0.1) is 12.2 Å². The van der Waals surface area contributed by atoms with Gasteiger partial charge in [0.15, 0.2) is 6.29 Å². The van der Waals surface area contributed by atoms with E-state index in [9.17, 15) is 9.59 Å². The molecule has 0 fully saturated rings. The molecule has 6 nitrogen and oxygen atoms in total. The predicted molar refractivity (Wildman–Crippen MR) is 85.7 cm³/mol. The van der Waals surface area contributed by atoms with Crippen LogP contribution >= 0.6 is 0 Å². The van der Waals surface area contributed by atoms with Gasteiger partial charge in [0.1, 0.15) is 0 Å². The van der Waals surface area contributed by atoms with Crippen molar-refractivity contribution >= 4 is 11.8 Å². The van der Waals surface area contributed by atoms with Gasteiger partial charge in [0.25, 0.3) is 0 Å². The first-order valence-electron chi connectivity index (χ1n) is 7.47. The largest absolute Gasteiger partial charge is 0.366 e. The minimum absolute atomic E-state index is 0.202. The molecule has 2 unspecified atom stereocenters. The van der Waals surface area contributed by atoms with Gasteiger partial charge in [-0.1, -0.05) is 27.0 Å². The van der Waals surface area contributed by atoms with Gasteiger partial charge >= 0.3 is 0 Å². The van der Waals surface area contributed by atoms with E-state index in [-0.39, 0.29) is 12.2 Å². The molecule has 0 heterocycles. The topological polar surface area (TPSA) is 105 Å². The standard InChI is InChI=1S/C16H28N2O4/c1-6-13(8-10(3)15(17)19)21-12(5)22-14(7-2)9-11(4)16(18)20/h12-14H,3-4,6-9H2,1-2,5H3,(H2,17,19)(H2,18,20). The molecule has 0 aromatic carbocycles. The van der Waals surface area contributed by atoms with Crippen LogP contribution in [0.4, 0.5) is 0 Å². The Morgan fingerprint density at radius 2 is 1.23 bits per heavy atom. The Bertz CT molecular complexity index is 382. The monoisotopic (exact) mass is 312 g/mol. The molecule has 126 valence electrons. The first-order chi connectivity index (χ1) is 10.2. The summed E-state index contributed by atoms with van der Waals surface area (Å²) in [4.78, 5) is 22.1. The maximum atomic E-state index is 11.0. The van der Waals surface area contributed by atoms with Gasteiger partial charge in [0, 0.05) is 24.0 Å². The van der Waals surface area contributed by atoms with Crippen LogP contribution in [-0.4, -0.2) is 30.3 Å². The second kappa shape index (κ2) is 10.1. The lowest BCUT2D eigenvalue weighted by atomic mass is 10.1. The third kappa shape index (κ3) is 7.95. The molecule has 0 aliphatic heterocycles. The zero-order valence-electron chi connectivity index (χ0n) is 13.8. The van der Waals surface area contributed by atoms with Crippen molar-refractivity contribution in [2.24, 2.45) is 11.5 Å². The Balaban J connectivity index is 4.45. The zero-order valence-corrected chi connectivity index (χ0v) is 13.8. The molecule has 4 N–H and O–H groups in total. The van der Waals surface area contributed by atoms with E-state index in [0.717, 1.165) is 0 Å². The first kappa shape index (κ1) is 20.3. The summed E-state index contributed by atoms with van der Waals surface area (Å²) in [6, 6.07) is 0. The van der Waals surface area contributed by atoms with Gasteiger partial charge in [-0.05, 0) is 19.8 Å². The zero-order chi connectivity index (χ0) is 17.3. The van der Waals surface area contributed by atoms with Crippen molar-refractivity contribution in [2.45, 2.75) is 65.0 Å². The van der Waals surface area contributed by atoms with Crippen LogP contribution < -0.4 is 11.5 Å². The normalized spacial score (nSPS) is 14.9. The Hall–Kier alpha value is -1.66. The molecule has 0 aliphatic carbocycles. The van der Waals surface area contributed by atoms with Crippen molar-refractivity contribution in [3.63, 3.8) is 0 Å². The molecule has 6 heteroatoms. The second-order valence-corrected chi connectivity index (χ2v) is 5.24. The van der Waals surface area contributed by atoms with Gasteiger partial charge in [0.2, 0.25) is 11.8 Å². The molecule has 0 aliphatic rings. The lowest BCUT2D eigenvalue weighted by molar-refractivity contribution is -0.185. The van der Waals surface area contributed by atoms with Crippen molar-refractivity contribution < 1.29 is 19.1 Å². The van der Waals surface area contributed by atoms with Crippen LogP contribution in [0.25, 0.3) is 0 Å². The number of carbonyl (C=O) groups excluding carboxylic acids is 2. The van der Waals surface area contributed by atoms with E-state index in [0.29, 0.717) is 36.8 Å². The first-order valence-corrected chi connectivity index (χ1v) is 7.47. The highest BCUT2D eigenvalue weighted by Crippen LogP contribution is 2.17. The third-order valence-electron chi connectivity index (χ3n) is 3.32. The Morgan fingerprint density at radius 1 is 0.909 bits per heavy atom. The smallest absolute Gasteiger partial charge is 0.244 e. The summed E-state index contributed by atoms with van der Waals surface area (Å²) in [5, 5.41) is 0. The summed E-state index contributed by atoms with van der Waals surface area (Å²) >= 11 is 0. The fourth-order valence-corrected chi connectivity index (χ4v) is 1.90. The highest BCUT2D eigenvalue weighted by molar-refractivity contribution is 5.91. The van der Waals surface area contributed by atoms with E-state index in [1.165, 1.54) is 0 Å². The Labute approximate surface area is 132 Å². The average Bonchev–Trinajstić information content (AvgIpc) is 2.44. The van der Waals surface area contributed by atoms with Crippen molar-refractivity contribution in [1.29, 1.82) is 0 Å². The lowest BCUT2D eigenvalue weighted by Crippen LogP contribution is -2.29. The van der Waals surface area contributed by atoms with Gasteiger partial charge in [-0.25, -0.2) is 0 Å². The molecule has 0 saturated carbocycles. The minimum atomic E-state index is -0.528. The molecule has 0 saturated heterocycles. The maximum absolute atomic E-state index is 11.0. The number of hydrogen-bond acceptors (Lipinski definition) is 4. The Morgan fingerprint density at radius 3 is 1.45 bits per heavy atom. The molecule has 0 rings (SSSR count).